The van der Waals surface area contributed by atoms with Crippen LogP contribution in [0.3, 0.4) is 0 Å². The molecule has 32 heavy (non-hydrogen) atoms. The summed E-state index contributed by atoms with van der Waals surface area (Å²) in [6.45, 7) is 2.01. The number of furan rings is 1. The molecule has 0 saturated heterocycles. The Morgan fingerprint density at radius 3 is 2.88 bits per heavy atom. The summed E-state index contributed by atoms with van der Waals surface area (Å²) in [7, 11) is 1.35. The highest BCUT2D eigenvalue weighted by Crippen LogP contribution is 2.33. The van der Waals surface area contributed by atoms with Gasteiger partial charge in [0.25, 0.3) is 0 Å². The second-order valence-electron chi connectivity index (χ2n) is 6.81. The van der Waals surface area contributed by atoms with Crippen molar-refractivity contribution in [2.75, 3.05) is 7.11 Å². The first kappa shape index (κ1) is 20.7. The lowest BCUT2D eigenvalue weighted by atomic mass is 10.2. The van der Waals surface area contributed by atoms with Gasteiger partial charge in [0.2, 0.25) is 5.82 Å². The number of fused-ring (bicyclic) bond motifs is 3. The fourth-order valence-electron chi connectivity index (χ4n) is 3.24. The maximum absolute atomic E-state index is 12.0. The molecule has 162 valence electrons. The van der Waals surface area contributed by atoms with E-state index in [4.69, 9.17) is 37.1 Å². The number of hydrogen-bond donors (Lipinski definition) is 0. The van der Waals surface area contributed by atoms with E-state index in [9.17, 15) is 4.79 Å². The van der Waals surface area contributed by atoms with Crippen molar-refractivity contribution in [3.63, 3.8) is 0 Å². The van der Waals surface area contributed by atoms with Crippen LogP contribution in [0, 0.1) is 6.92 Å². The number of benzene rings is 1. The van der Waals surface area contributed by atoms with Gasteiger partial charge in [-0.05, 0) is 42.8 Å². The van der Waals surface area contributed by atoms with Crippen molar-refractivity contribution in [2.45, 2.75) is 13.5 Å². The number of carbonyl (C=O) groups is 1. The fourth-order valence-corrected chi connectivity index (χ4v) is 4.77. The number of carbonyl (C=O) groups excluding carboxylic acids is 1. The molecule has 0 fully saturated rings. The SMILES string of the molecule is COC(=O)c1sc2ncn3nc(-c4ccc(COc5ccc(Cl)cc5Cl)o4)nc3c2c1C. The Labute approximate surface area is 195 Å². The smallest absolute Gasteiger partial charge is 0.348 e. The number of halogens is 2. The first-order chi connectivity index (χ1) is 15.4. The molecule has 8 nitrogen and oxygen atoms in total. The zero-order valence-electron chi connectivity index (χ0n) is 16.8. The van der Waals surface area contributed by atoms with Crippen LogP contribution in [-0.4, -0.2) is 32.7 Å². The molecule has 0 aliphatic rings. The molecule has 0 bridgehead atoms. The van der Waals surface area contributed by atoms with Crippen molar-refractivity contribution < 1.29 is 18.7 Å². The van der Waals surface area contributed by atoms with Gasteiger partial charge in [0.05, 0.1) is 17.5 Å². The average molecular weight is 489 g/mol. The third kappa shape index (κ3) is 3.58. The Bertz CT molecular complexity index is 1490. The summed E-state index contributed by atoms with van der Waals surface area (Å²) in [5.41, 5.74) is 1.33. The zero-order chi connectivity index (χ0) is 22.4. The van der Waals surface area contributed by atoms with Crippen molar-refractivity contribution >= 4 is 56.4 Å². The number of esters is 1. The standard InChI is InChI=1S/C21H14Cl2N4O4S/c1-10-16-19-25-18(26-27(19)9-24-20(16)32-17(10)21(28)29-2)15-6-4-12(31-15)8-30-14-5-3-11(22)7-13(14)23/h3-7,9H,8H2,1-2H3. The zero-order valence-corrected chi connectivity index (χ0v) is 19.1. The Morgan fingerprint density at radius 2 is 2.09 bits per heavy atom. The quantitative estimate of drug-likeness (QED) is 0.298. The molecule has 4 heterocycles. The van der Waals surface area contributed by atoms with Gasteiger partial charge in [-0.3, -0.25) is 0 Å². The minimum Gasteiger partial charge on any atom is -0.484 e. The van der Waals surface area contributed by atoms with Crippen LogP contribution in [-0.2, 0) is 11.3 Å². The molecule has 0 amide bonds. The summed E-state index contributed by atoms with van der Waals surface area (Å²) in [5, 5.41) is 6.17. The summed E-state index contributed by atoms with van der Waals surface area (Å²) >= 11 is 13.3. The van der Waals surface area contributed by atoms with Crippen LogP contribution in [0.5, 0.6) is 5.75 Å². The van der Waals surface area contributed by atoms with E-state index >= 15 is 0 Å². The molecular weight excluding hydrogens is 475 g/mol. The number of aromatic nitrogens is 4. The average Bonchev–Trinajstić information content (AvgIpc) is 3.49. The second-order valence-corrected chi connectivity index (χ2v) is 8.65. The van der Waals surface area contributed by atoms with Gasteiger partial charge < -0.3 is 13.9 Å². The van der Waals surface area contributed by atoms with Gasteiger partial charge in [0.15, 0.2) is 11.4 Å². The number of ether oxygens (including phenoxy) is 2. The highest BCUT2D eigenvalue weighted by molar-refractivity contribution is 7.20. The molecule has 1 aromatic carbocycles. The molecule has 0 radical (unpaired) electrons. The lowest BCUT2D eigenvalue weighted by Gasteiger charge is -2.06. The van der Waals surface area contributed by atoms with E-state index in [2.05, 4.69) is 15.1 Å². The second kappa shape index (κ2) is 8.09. The number of methoxy groups -OCH3 is 1. The van der Waals surface area contributed by atoms with Crippen LogP contribution >= 0.6 is 34.5 Å². The number of thiophene rings is 1. The lowest BCUT2D eigenvalue weighted by molar-refractivity contribution is 0.0605. The lowest BCUT2D eigenvalue weighted by Crippen LogP contribution is -1.99. The van der Waals surface area contributed by atoms with Crippen LogP contribution in [0.25, 0.3) is 27.4 Å². The van der Waals surface area contributed by atoms with Gasteiger partial charge in [0, 0.05) is 5.02 Å². The van der Waals surface area contributed by atoms with E-state index in [1.807, 2.05) is 6.92 Å². The van der Waals surface area contributed by atoms with Gasteiger partial charge in [-0.1, -0.05) is 23.2 Å². The Hall–Kier alpha value is -3.14. The van der Waals surface area contributed by atoms with E-state index in [0.717, 1.165) is 10.9 Å². The molecular formula is C21H14Cl2N4O4S. The van der Waals surface area contributed by atoms with Gasteiger partial charge in [-0.25, -0.2) is 19.3 Å². The van der Waals surface area contributed by atoms with Crippen LogP contribution in [0.15, 0.2) is 41.1 Å². The van der Waals surface area contributed by atoms with Gasteiger partial charge in [-0.15, -0.1) is 16.4 Å². The molecule has 0 saturated carbocycles. The van der Waals surface area contributed by atoms with Gasteiger partial charge in [0.1, 0.15) is 34.2 Å². The van der Waals surface area contributed by atoms with Gasteiger partial charge in [-0.2, -0.15) is 0 Å². The summed E-state index contributed by atoms with van der Waals surface area (Å²) < 4.78 is 18.0. The van der Waals surface area contributed by atoms with Gasteiger partial charge >= 0.3 is 5.97 Å². The first-order valence-corrected chi connectivity index (χ1v) is 10.9. The fraction of sp³-hybridized carbons (Fsp3) is 0.143. The molecule has 0 aliphatic carbocycles. The molecule has 0 N–H and O–H groups in total. The Balaban J connectivity index is 1.45. The van der Waals surface area contributed by atoms with Crippen LogP contribution in [0.2, 0.25) is 10.0 Å². The molecule has 0 aliphatic heterocycles. The van der Waals surface area contributed by atoms with E-state index in [-0.39, 0.29) is 6.61 Å². The molecule has 5 aromatic rings. The van der Waals surface area contributed by atoms with Crippen LogP contribution in [0.4, 0.5) is 0 Å². The molecule has 0 atom stereocenters. The first-order valence-electron chi connectivity index (χ1n) is 9.34. The number of rotatable bonds is 5. The van der Waals surface area contributed by atoms with Crippen molar-refractivity contribution in [2.24, 2.45) is 0 Å². The topological polar surface area (TPSA) is 91.8 Å². The maximum Gasteiger partial charge on any atom is 0.348 e. The predicted molar refractivity (Wildman–Crippen MR) is 121 cm³/mol. The summed E-state index contributed by atoms with van der Waals surface area (Å²) in [5.74, 6) is 1.54. The molecule has 4 aromatic heterocycles. The number of aryl methyl sites for hydroxylation is 1. The minimum absolute atomic E-state index is 0.173. The van der Waals surface area contributed by atoms with Crippen molar-refractivity contribution in [1.29, 1.82) is 0 Å². The molecule has 0 unspecified atom stereocenters. The van der Waals surface area contributed by atoms with Crippen molar-refractivity contribution in [3.8, 4) is 17.3 Å². The summed E-state index contributed by atoms with van der Waals surface area (Å²) in [6.07, 6.45) is 1.56. The minimum atomic E-state index is -0.403. The normalized spacial score (nSPS) is 11.4. The van der Waals surface area contributed by atoms with Crippen molar-refractivity contribution in [1.82, 2.24) is 19.6 Å². The largest absolute Gasteiger partial charge is 0.484 e. The maximum atomic E-state index is 12.0. The number of nitrogens with zero attached hydrogens (tertiary/aromatic N) is 4. The summed E-state index contributed by atoms with van der Waals surface area (Å²) in [4.78, 5) is 22.2. The molecule has 11 heteroatoms. The molecule has 0 spiro atoms. The molecule has 5 rings (SSSR count). The summed E-state index contributed by atoms with van der Waals surface area (Å²) in [6, 6.07) is 8.55. The highest BCUT2D eigenvalue weighted by Gasteiger charge is 2.21. The van der Waals surface area contributed by atoms with Crippen LogP contribution in [0.1, 0.15) is 21.0 Å². The number of hydrogen-bond acceptors (Lipinski definition) is 8. The Morgan fingerprint density at radius 1 is 1.25 bits per heavy atom. The monoisotopic (exact) mass is 488 g/mol. The predicted octanol–water partition coefficient (Wildman–Crippen LogP) is 5.58. The Kier molecular flexibility index (Phi) is 5.24. The third-order valence-corrected chi connectivity index (χ3v) is 6.49. The van der Waals surface area contributed by atoms with E-state index in [1.54, 1.807) is 41.2 Å². The van der Waals surface area contributed by atoms with E-state index in [1.165, 1.54) is 18.4 Å². The van der Waals surface area contributed by atoms with E-state index in [0.29, 0.717) is 48.5 Å². The van der Waals surface area contributed by atoms with E-state index < -0.39 is 5.97 Å². The van der Waals surface area contributed by atoms with Crippen molar-refractivity contribution in [3.05, 3.63) is 62.9 Å². The third-order valence-electron chi connectivity index (χ3n) is 4.78. The highest BCUT2D eigenvalue weighted by atomic mass is 35.5. The van der Waals surface area contributed by atoms with Crippen LogP contribution < -0.4 is 4.74 Å².